The normalized spacial score (nSPS) is 11.3. The van der Waals surface area contributed by atoms with Gasteiger partial charge in [-0.1, -0.05) is 63.2 Å². The molecule has 0 N–H and O–H groups in total. The topological polar surface area (TPSA) is 34.1 Å². The van der Waals surface area contributed by atoms with E-state index >= 15 is 0 Å². The zero-order chi connectivity index (χ0) is 16.5. The van der Waals surface area contributed by atoms with Gasteiger partial charge in [0.15, 0.2) is 12.1 Å². The maximum absolute atomic E-state index is 11.9. The summed E-state index contributed by atoms with van der Waals surface area (Å²) in [5.41, 5.74) is 0.789. The van der Waals surface area contributed by atoms with Crippen molar-refractivity contribution in [1.82, 2.24) is 0 Å². The van der Waals surface area contributed by atoms with Gasteiger partial charge < -0.3 is 0 Å². The summed E-state index contributed by atoms with van der Waals surface area (Å²) in [5.74, 6) is 5.26. The Morgan fingerprint density at radius 2 is 1.73 bits per heavy atom. The molecule has 122 valence electrons. The molecule has 0 aliphatic carbocycles. The van der Waals surface area contributed by atoms with Crippen LogP contribution in [-0.4, -0.2) is 12.1 Å². The lowest BCUT2D eigenvalue weighted by Crippen LogP contribution is -1.97. The van der Waals surface area contributed by atoms with Crippen molar-refractivity contribution in [3.63, 3.8) is 0 Å². The average molecular weight is 302 g/mol. The minimum atomic E-state index is 0.169. The number of carbonyl (C=O) groups excluding carboxylic acids is 2. The highest BCUT2D eigenvalue weighted by molar-refractivity contribution is 5.95. The summed E-state index contributed by atoms with van der Waals surface area (Å²) in [6.07, 6.45) is 17.3. The van der Waals surface area contributed by atoms with E-state index in [9.17, 15) is 9.59 Å². The molecule has 0 spiro atoms. The Morgan fingerprint density at radius 1 is 1.00 bits per heavy atom. The first-order chi connectivity index (χ1) is 10.7. The van der Waals surface area contributed by atoms with Crippen LogP contribution in [-0.2, 0) is 9.59 Å². The summed E-state index contributed by atoms with van der Waals surface area (Å²) < 4.78 is 0. The molecular formula is C20H30O2. The second-order valence-electron chi connectivity index (χ2n) is 5.52. The van der Waals surface area contributed by atoms with Gasteiger partial charge in [0, 0.05) is 12.8 Å². The van der Waals surface area contributed by atoms with Gasteiger partial charge in [-0.05, 0) is 37.7 Å². The molecule has 0 bridgehead atoms. The van der Waals surface area contributed by atoms with Crippen LogP contribution in [0.15, 0.2) is 23.8 Å². The molecule has 0 aromatic heterocycles. The van der Waals surface area contributed by atoms with Crippen molar-refractivity contribution in [2.75, 3.05) is 0 Å². The number of allylic oxidation sites excluding steroid dienone is 4. The number of hydrogen-bond donors (Lipinski definition) is 0. The summed E-state index contributed by atoms with van der Waals surface area (Å²) in [7, 11) is 0. The Labute approximate surface area is 136 Å². The van der Waals surface area contributed by atoms with E-state index in [0.29, 0.717) is 19.1 Å². The highest BCUT2D eigenvalue weighted by Gasteiger charge is 2.00. The Kier molecular flexibility index (Phi) is 14.6. The third-order valence-corrected chi connectivity index (χ3v) is 3.51. The predicted molar refractivity (Wildman–Crippen MR) is 93.6 cm³/mol. The zero-order valence-corrected chi connectivity index (χ0v) is 14.2. The second-order valence-corrected chi connectivity index (χ2v) is 5.52. The van der Waals surface area contributed by atoms with Gasteiger partial charge in [-0.15, -0.1) is 0 Å². The number of carbonyl (C=O) groups is 2. The molecule has 0 rings (SSSR count). The third kappa shape index (κ3) is 13.4. The van der Waals surface area contributed by atoms with E-state index in [1.165, 1.54) is 38.5 Å². The van der Waals surface area contributed by atoms with Crippen molar-refractivity contribution in [3.8, 4) is 11.8 Å². The first-order valence-corrected chi connectivity index (χ1v) is 8.49. The first-order valence-electron chi connectivity index (χ1n) is 8.49. The number of rotatable bonds is 12. The number of Topliss-reactive ketones (excluding diaryl/α,β-unsaturated/α-hetero) is 1. The average Bonchev–Trinajstić information content (AvgIpc) is 2.52. The van der Waals surface area contributed by atoms with Crippen LogP contribution in [0.25, 0.3) is 0 Å². The SMILES string of the molecule is CCCCCCCCC=CCC(=O)C(C)=CCCC#CC=O. The fourth-order valence-corrected chi connectivity index (χ4v) is 2.10. The lowest BCUT2D eigenvalue weighted by molar-refractivity contribution is -0.114. The maximum atomic E-state index is 11.9. The van der Waals surface area contributed by atoms with Gasteiger partial charge in [0.05, 0.1) is 0 Å². The van der Waals surface area contributed by atoms with Crippen LogP contribution in [0.3, 0.4) is 0 Å². The van der Waals surface area contributed by atoms with Crippen molar-refractivity contribution in [2.45, 2.75) is 78.1 Å². The summed E-state index contributed by atoms with van der Waals surface area (Å²) >= 11 is 0. The standard InChI is InChI=1S/C20H30O2/c1-3-4-5-6-7-8-9-10-14-17-20(22)19(2)16-13-11-12-15-18-21/h10,14,16,18H,3-9,11,13,17H2,1-2H3. The molecule has 2 heteroatoms. The lowest BCUT2D eigenvalue weighted by atomic mass is 10.1. The second kappa shape index (κ2) is 15.8. The quantitative estimate of drug-likeness (QED) is 0.164. The number of hydrogen-bond acceptors (Lipinski definition) is 2. The third-order valence-electron chi connectivity index (χ3n) is 3.51. The molecule has 0 amide bonds. The highest BCUT2D eigenvalue weighted by atomic mass is 16.1. The summed E-state index contributed by atoms with van der Waals surface area (Å²) in [4.78, 5) is 21.9. The zero-order valence-electron chi connectivity index (χ0n) is 14.2. The monoisotopic (exact) mass is 302 g/mol. The molecule has 0 aromatic carbocycles. The Bertz CT molecular complexity index is 419. The van der Waals surface area contributed by atoms with E-state index in [1.54, 1.807) is 0 Å². The van der Waals surface area contributed by atoms with E-state index < -0.39 is 0 Å². The highest BCUT2D eigenvalue weighted by Crippen LogP contribution is 2.08. The molecular weight excluding hydrogens is 272 g/mol. The van der Waals surface area contributed by atoms with Gasteiger partial charge in [-0.25, -0.2) is 0 Å². The largest absolute Gasteiger partial charge is 0.294 e. The summed E-state index contributed by atoms with van der Waals surface area (Å²) in [6.45, 7) is 4.08. The Balaban J connectivity index is 3.71. The van der Waals surface area contributed by atoms with Crippen LogP contribution in [0.5, 0.6) is 0 Å². The Morgan fingerprint density at radius 3 is 2.45 bits per heavy atom. The molecule has 0 saturated heterocycles. The molecule has 0 heterocycles. The number of aldehydes is 1. The summed E-state index contributed by atoms with van der Waals surface area (Å²) in [6, 6.07) is 0. The molecule has 0 atom stereocenters. The molecule has 0 radical (unpaired) electrons. The fourth-order valence-electron chi connectivity index (χ4n) is 2.10. The molecule has 0 aliphatic rings. The lowest BCUT2D eigenvalue weighted by Gasteiger charge is -1.98. The minimum absolute atomic E-state index is 0.169. The van der Waals surface area contributed by atoms with Crippen molar-refractivity contribution in [2.24, 2.45) is 0 Å². The van der Waals surface area contributed by atoms with Crippen molar-refractivity contribution in [1.29, 1.82) is 0 Å². The molecule has 0 fully saturated rings. The van der Waals surface area contributed by atoms with Crippen LogP contribution in [0.1, 0.15) is 78.1 Å². The van der Waals surface area contributed by atoms with Crippen LogP contribution < -0.4 is 0 Å². The van der Waals surface area contributed by atoms with Gasteiger partial charge in [0.2, 0.25) is 0 Å². The van der Waals surface area contributed by atoms with E-state index in [4.69, 9.17) is 0 Å². The van der Waals surface area contributed by atoms with E-state index in [2.05, 4.69) is 24.8 Å². The predicted octanol–water partition coefficient (Wildman–Crippen LogP) is 5.18. The minimum Gasteiger partial charge on any atom is -0.294 e. The smallest absolute Gasteiger partial charge is 0.192 e. The molecule has 2 nitrogen and oxygen atoms in total. The van der Waals surface area contributed by atoms with Gasteiger partial charge in [-0.2, -0.15) is 0 Å². The first kappa shape index (κ1) is 20.4. The van der Waals surface area contributed by atoms with Gasteiger partial charge >= 0.3 is 0 Å². The van der Waals surface area contributed by atoms with Crippen LogP contribution >= 0.6 is 0 Å². The van der Waals surface area contributed by atoms with Gasteiger partial charge in [0.25, 0.3) is 0 Å². The van der Waals surface area contributed by atoms with Crippen LogP contribution in [0.4, 0.5) is 0 Å². The maximum Gasteiger partial charge on any atom is 0.192 e. The van der Waals surface area contributed by atoms with E-state index in [0.717, 1.165) is 18.4 Å². The van der Waals surface area contributed by atoms with Crippen molar-refractivity contribution >= 4 is 12.1 Å². The van der Waals surface area contributed by atoms with Gasteiger partial charge in [-0.3, -0.25) is 9.59 Å². The number of unbranched alkanes of at least 4 members (excludes halogenated alkanes) is 7. The van der Waals surface area contributed by atoms with E-state index in [-0.39, 0.29) is 5.78 Å². The van der Waals surface area contributed by atoms with Gasteiger partial charge in [0.1, 0.15) is 0 Å². The molecule has 0 unspecified atom stereocenters. The fraction of sp³-hybridized carbons (Fsp3) is 0.600. The van der Waals surface area contributed by atoms with E-state index in [1.807, 2.05) is 19.1 Å². The number of ketones is 1. The molecule has 0 saturated carbocycles. The van der Waals surface area contributed by atoms with Crippen molar-refractivity contribution in [3.05, 3.63) is 23.8 Å². The Hall–Kier alpha value is -1.62. The molecule has 0 aliphatic heterocycles. The molecule has 0 aromatic rings. The summed E-state index contributed by atoms with van der Waals surface area (Å²) in [5, 5.41) is 0. The van der Waals surface area contributed by atoms with Crippen molar-refractivity contribution < 1.29 is 9.59 Å². The molecule has 22 heavy (non-hydrogen) atoms. The van der Waals surface area contributed by atoms with Crippen LogP contribution in [0.2, 0.25) is 0 Å². The van der Waals surface area contributed by atoms with Crippen LogP contribution in [0, 0.1) is 11.8 Å².